The third kappa shape index (κ3) is 5.06. The summed E-state index contributed by atoms with van der Waals surface area (Å²) in [6.45, 7) is 6.19. The van der Waals surface area contributed by atoms with Gasteiger partial charge in [0.2, 0.25) is 5.91 Å². The first-order valence-electron chi connectivity index (χ1n) is 10.6. The molecule has 32 heavy (non-hydrogen) atoms. The maximum atomic E-state index is 13.4. The van der Waals surface area contributed by atoms with Crippen molar-refractivity contribution in [3.8, 4) is 10.4 Å². The quantitative estimate of drug-likeness (QED) is 0.505. The van der Waals surface area contributed by atoms with Gasteiger partial charge in [-0.05, 0) is 36.6 Å². The number of carbonyl (C=O) groups excluding carboxylic acids is 2. The second-order valence-corrected chi connectivity index (χ2v) is 9.67. The molecule has 2 aromatic carbocycles. The molecule has 2 amide bonds. The van der Waals surface area contributed by atoms with E-state index in [0.29, 0.717) is 36.9 Å². The number of rotatable bonds is 6. The molecule has 0 saturated carbocycles. The fourth-order valence-electron chi connectivity index (χ4n) is 3.67. The molecule has 1 fully saturated rings. The number of thioether (sulfide) groups is 1. The van der Waals surface area contributed by atoms with Crippen LogP contribution in [0.2, 0.25) is 0 Å². The molecule has 1 aromatic heterocycles. The number of amides is 2. The van der Waals surface area contributed by atoms with Gasteiger partial charge in [0.15, 0.2) is 0 Å². The van der Waals surface area contributed by atoms with Crippen molar-refractivity contribution >= 4 is 39.9 Å². The molecule has 3 aromatic rings. The molecular formula is C25H26N2O3S2. The van der Waals surface area contributed by atoms with Crippen LogP contribution in [-0.2, 0) is 9.53 Å². The number of nitrogens with zero attached hydrogens (tertiary/aromatic N) is 1. The molecule has 1 saturated heterocycles. The van der Waals surface area contributed by atoms with Crippen LogP contribution in [0.4, 0.5) is 5.00 Å². The SMILES string of the molecule is Cc1ccccc1SCC(=O)Nc1sc(-c2ccccc2)c(C)c1C(=O)N1CCOCC1. The van der Waals surface area contributed by atoms with Gasteiger partial charge in [0.1, 0.15) is 5.00 Å². The predicted molar refractivity (Wildman–Crippen MR) is 132 cm³/mol. The number of benzene rings is 2. The van der Waals surface area contributed by atoms with Crippen LogP contribution in [0.25, 0.3) is 10.4 Å². The van der Waals surface area contributed by atoms with E-state index in [2.05, 4.69) is 5.32 Å². The lowest BCUT2D eigenvalue weighted by Gasteiger charge is -2.27. The number of nitrogens with one attached hydrogen (secondary N) is 1. The normalized spacial score (nSPS) is 13.8. The third-order valence-corrected chi connectivity index (χ3v) is 7.83. The highest BCUT2D eigenvalue weighted by Crippen LogP contribution is 2.40. The van der Waals surface area contributed by atoms with Crippen LogP contribution >= 0.6 is 23.1 Å². The van der Waals surface area contributed by atoms with Crippen molar-refractivity contribution in [3.05, 3.63) is 71.3 Å². The van der Waals surface area contributed by atoms with Gasteiger partial charge in [-0.2, -0.15) is 0 Å². The summed E-state index contributed by atoms with van der Waals surface area (Å²) in [6, 6.07) is 18.0. The van der Waals surface area contributed by atoms with Crippen LogP contribution in [0.15, 0.2) is 59.5 Å². The number of ether oxygens (including phenoxy) is 1. The van der Waals surface area contributed by atoms with E-state index in [4.69, 9.17) is 4.74 Å². The van der Waals surface area contributed by atoms with Crippen molar-refractivity contribution in [1.82, 2.24) is 4.90 Å². The number of anilines is 1. The van der Waals surface area contributed by atoms with Gasteiger partial charge >= 0.3 is 0 Å². The Hall–Kier alpha value is -2.61. The molecule has 7 heteroatoms. The van der Waals surface area contributed by atoms with Crippen molar-refractivity contribution in [2.75, 3.05) is 37.4 Å². The van der Waals surface area contributed by atoms with Gasteiger partial charge in [-0.1, -0.05) is 48.5 Å². The smallest absolute Gasteiger partial charge is 0.257 e. The van der Waals surface area contributed by atoms with Crippen LogP contribution < -0.4 is 5.32 Å². The number of morpholine rings is 1. The molecule has 2 heterocycles. The number of hydrogen-bond acceptors (Lipinski definition) is 5. The van der Waals surface area contributed by atoms with E-state index in [1.54, 1.807) is 0 Å². The molecule has 1 aliphatic heterocycles. The Morgan fingerprint density at radius 3 is 2.44 bits per heavy atom. The number of hydrogen-bond donors (Lipinski definition) is 1. The Labute approximate surface area is 196 Å². The second kappa shape index (κ2) is 10.3. The summed E-state index contributed by atoms with van der Waals surface area (Å²) < 4.78 is 5.41. The molecule has 5 nitrogen and oxygen atoms in total. The summed E-state index contributed by atoms with van der Waals surface area (Å²) in [7, 11) is 0. The van der Waals surface area contributed by atoms with Crippen molar-refractivity contribution in [1.29, 1.82) is 0 Å². The topological polar surface area (TPSA) is 58.6 Å². The van der Waals surface area contributed by atoms with Gasteiger partial charge in [0, 0.05) is 22.9 Å². The molecule has 4 rings (SSSR count). The van der Waals surface area contributed by atoms with E-state index in [1.807, 2.05) is 73.3 Å². The van der Waals surface area contributed by atoms with Gasteiger partial charge in [0.05, 0.1) is 24.5 Å². The van der Waals surface area contributed by atoms with Crippen LogP contribution in [0.3, 0.4) is 0 Å². The highest BCUT2D eigenvalue weighted by atomic mass is 32.2. The van der Waals surface area contributed by atoms with Crippen molar-refractivity contribution < 1.29 is 14.3 Å². The van der Waals surface area contributed by atoms with E-state index >= 15 is 0 Å². The molecule has 0 radical (unpaired) electrons. The average Bonchev–Trinajstić information content (AvgIpc) is 3.14. The minimum atomic E-state index is -0.116. The molecule has 0 unspecified atom stereocenters. The highest BCUT2D eigenvalue weighted by molar-refractivity contribution is 8.00. The van der Waals surface area contributed by atoms with E-state index < -0.39 is 0 Å². The van der Waals surface area contributed by atoms with Gasteiger partial charge in [-0.15, -0.1) is 23.1 Å². The predicted octanol–water partition coefficient (Wildman–Crippen LogP) is 5.24. The van der Waals surface area contributed by atoms with Crippen molar-refractivity contribution in [2.45, 2.75) is 18.7 Å². The molecule has 1 N–H and O–H groups in total. The summed E-state index contributed by atoms with van der Waals surface area (Å²) >= 11 is 2.97. The maximum absolute atomic E-state index is 13.4. The largest absolute Gasteiger partial charge is 0.378 e. The maximum Gasteiger partial charge on any atom is 0.257 e. The molecule has 0 aliphatic carbocycles. The zero-order valence-electron chi connectivity index (χ0n) is 18.2. The Morgan fingerprint density at radius 2 is 1.72 bits per heavy atom. The van der Waals surface area contributed by atoms with Gasteiger partial charge < -0.3 is 15.0 Å². The van der Waals surface area contributed by atoms with E-state index in [9.17, 15) is 9.59 Å². The van der Waals surface area contributed by atoms with Crippen LogP contribution in [0, 0.1) is 13.8 Å². The molecule has 0 atom stereocenters. The molecule has 1 aliphatic rings. The van der Waals surface area contributed by atoms with Crippen LogP contribution in [-0.4, -0.2) is 48.8 Å². The molecule has 0 bridgehead atoms. The summed E-state index contributed by atoms with van der Waals surface area (Å²) in [5, 5.41) is 3.65. The first-order chi connectivity index (χ1) is 15.5. The summed E-state index contributed by atoms with van der Waals surface area (Å²) in [5.41, 5.74) is 3.68. The summed E-state index contributed by atoms with van der Waals surface area (Å²) in [6.07, 6.45) is 0. The van der Waals surface area contributed by atoms with Gasteiger partial charge in [-0.25, -0.2) is 0 Å². The van der Waals surface area contributed by atoms with Crippen LogP contribution in [0.1, 0.15) is 21.5 Å². The minimum absolute atomic E-state index is 0.0499. The first-order valence-corrected chi connectivity index (χ1v) is 12.4. The second-order valence-electron chi connectivity index (χ2n) is 7.63. The Balaban J connectivity index is 1.60. The number of aryl methyl sites for hydroxylation is 1. The minimum Gasteiger partial charge on any atom is -0.378 e. The summed E-state index contributed by atoms with van der Waals surface area (Å²) in [5.74, 6) is 0.120. The fraction of sp³-hybridized carbons (Fsp3) is 0.280. The highest BCUT2D eigenvalue weighted by Gasteiger charge is 2.28. The van der Waals surface area contributed by atoms with Crippen molar-refractivity contribution in [3.63, 3.8) is 0 Å². The lowest BCUT2D eigenvalue weighted by Crippen LogP contribution is -2.41. The molecule has 166 valence electrons. The third-order valence-electron chi connectivity index (χ3n) is 5.40. The fourth-order valence-corrected chi connectivity index (χ4v) is 5.72. The van der Waals surface area contributed by atoms with Gasteiger partial charge in [-0.3, -0.25) is 9.59 Å². The number of thiophene rings is 1. The lowest BCUT2D eigenvalue weighted by atomic mass is 10.1. The monoisotopic (exact) mass is 466 g/mol. The Kier molecular flexibility index (Phi) is 7.29. The zero-order valence-corrected chi connectivity index (χ0v) is 19.9. The van der Waals surface area contributed by atoms with E-state index in [-0.39, 0.29) is 17.6 Å². The van der Waals surface area contributed by atoms with Crippen LogP contribution in [0.5, 0.6) is 0 Å². The van der Waals surface area contributed by atoms with E-state index in [1.165, 1.54) is 23.1 Å². The number of carbonyl (C=O) groups is 2. The van der Waals surface area contributed by atoms with Crippen molar-refractivity contribution in [2.24, 2.45) is 0 Å². The lowest BCUT2D eigenvalue weighted by molar-refractivity contribution is -0.113. The van der Waals surface area contributed by atoms with Gasteiger partial charge in [0.25, 0.3) is 5.91 Å². The van der Waals surface area contributed by atoms with E-state index in [0.717, 1.165) is 26.5 Å². The Morgan fingerprint density at radius 1 is 1.03 bits per heavy atom. The Bertz CT molecular complexity index is 1110. The zero-order chi connectivity index (χ0) is 22.5. The summed E-state index contributed by atoms with van der Waals surface area (Å²) in [4.78, 5) is 30.1. The molecular weight excluding hydrogens is 440 g/mol. The standard InChI is InChI=1S/C25H26N2O3S2/c1-17-8-6-7-11-20(17)31-16-21(28)26-24-22(25(29)27-12-14-30-15-13-27)18(2)23(32-24)19-9-4-3-5-10-19/h3-11H,12-16H2,1-2H3,(H,26,28). The molecule has 0 spiro atoms. The first kappa shape index (κ1) is 22.6. The average molecular weight is 467 g/mol.